The summed E-state index contributed by atoms with van der Waals surface area (Å²) in [5.74, 6) is 0.740. The van der Waals surface area contributed by atoms with Crippen molar-refractivity contribution in [3.05, 3.63) is 0 Å². The molecule has 2 atom stereocenters. The molecule has 0 bridgehead atoms. The van der Waals surface area contributed by atoms with Gasteiger partial charge in [-0.3, -0.25) is 9.35 Å². The van der Waals surface area contributed by atoms with E-state index in [0.717, 1.165) is 25.2 Å². The molecule has 2 aliphatic carbocycles. The van der Waals surface area contributed by atoms with Gasteiger partial charge in [-0.25, -0.2) is 0 Å². The molecule has 2 N–H and O–H groups in total. The van der Waals surface area contributed by atoms with Crippen LogP contribution in [-0.4, -0.2) is 30.7 Å². The minimum absolute atomic E-state index is 0.0411. The normalized spacial score (nSPS) is 33.7. The minimum atomic E-state index is -3.90. The van der Waals surface area contributed by atoms with Crippen molar-refractivity contribution in [2.24, 2.45) is 17.8 Å². The highest BCUT2D eigenvalue weighted by Crippen LogP contribution is 2.42. The van der Waals surface area contributed by atoms with Gasteiger partial charge in [0, 0.05) is 12.0 Å². The summed E-state index contributed by atoms with van der Waals surface area (Å²) in [7, 11) is -3.90. The summed E-state index contributed by atoms with van der Waals surface area (Å²) in [5, 5.41) is 3.10. The van der Waals surface area contributed by atoms with Gasteiger partial charge >= 0.3 is 0 Å². The first-order valence-corrected chi connectivity index (χ1v) is 9.25. The third kappa shape index (κ3) is 4.74. The zero-order chi connectivity index (χ0) is 14.8. The first kappa shape index (κ1) is 15.8. The maximum absolute atomic E-state index is 12.0. The average molecular weight is 303 g/mol. The summed E-state index contributed by atoms with van der Waals surface area (Å²) < 4.78 is 30.0. The van der Waals surface area contributed by atoms with Crippen molar-refractivity contribution in [1.82, 2.24) is 5.32 Å². The lowest BCUT2D eigenvalue weighted by Crippen LogP contribution is -2.38. The lowest BCUT2D eigenvalue weighted by molar-refractivity contribution is -0.123. The summed E-state index contributed by atoms with van der Waals surface area (Å²) in [4.78, 5) is 12.0. The van der Waals surface area contributed by atoms with Crippen molar-refractivity contribution in [3.8, 4) is 0 Å². The molecular formula is C14H25NO4S. The second kappa shape index (κ2) is 6.43. The van der Waals surface area contributed by atoms with Crippen LogP contribution in [0.2, 0.25) is 0 Å². The van der Waals surface area contributed by atoms with Crippen LogP contribution in [0.15, 0.2) is 0 Å². The second-order valence-electron chi connectivity index (χ2n) is 6.31. The number of hydrogen-bond acceptors (Lipinski definition) is 3. The fourth-order valence-electron chi connectivity index (χ4n) is 3.21. The number of rotatable bonds is 6. The van der Waals surface area contributed by atoms with Gasteiger partial charge in [-0.2, -0.15) is 8.42 Å². The van der Waals surface area contributed by atoms with E-state index in [-0.39, 0.29) is 23.5 Å². The van der Waals surface area contributed by atoms with Crippen LogP contribution >= 0.6 is 0 Å². The molecule has 20 heavy (non-hydrogen) atoms. The molecule has 0 aromatic heterocycles. The van der Waals surface area contributed by atoms with Crippen LogP contribution in [0.5, 0.6) is 0 Å². The Bertz CT molecular complexity index is 440. The van der Waals surface area contributed by atoms with Gasteiger partial charge < -0.3 is 5.32 Å². The van der Waals surface area contributed by atoms with Crippen LogP contribution in [0.3, 0.4) is 0 Å². The van der Waals surface area contributed by atoms with Crippen molar-refractivity contribution in [2.75, 3.05) is 5.75 Å². The number of amides is 1. The molecule has 5 nitrogen and oxygen atoms in total. The molecule has 2 saturated carbocycles. The zero-order valence-corrected chi connectivity index (χ0v) is 12.9. The van der Waals surface area contributed by atoms with Crippen LogP contribution < -0.4 is 5.32 Å². The van der Waals surface area contributed by atoms with Gasteiger partial charge in [0.2, 0.25) is 5.91 Å². The quantitative estimate of drug-likeness (QED) is 0.735. The molecule has 6 heteroatoms. The molecule has 2 aliphatic rings. The molecule has 0 unspecified atom stereocenters. The van der Waals surface area contributed by atoms with Crippen molar-refractivity contribution in [2.45, 2.75) is 57.9 Å². The SMILES string of the molecule is CCC1CCC(NC(=O)[C@H]2C[C@@H]2CCS(=O)(=O)O)CC1. The van der Waals surface area contributed by atoms with Crippen molar-refractivity contribution in [3.63, 3.8) is 0 Å². The van der Waals surface area contributed by atoms with Gasteiger partial charge in [-0.1, -0.05) is 13.3 Å². The first-order chi connectivity index (χ1) is 9.39. The Morgan fingerprint density at radius 1 is 1.25 bits per heavy atom. The smallest absolute Gasteiger partial charge is 0.264 e. The minimum Gasteiger partial charge on any atom is -0.353 e. The van der Waals surface area contributed by atoms with E-state index in [4.69, 9.17) is 4.55 Å². The summed E-state index contributed by atoms with van der Waals surface area (Å²) in [6.45, 7) is 2.22. The van der Waals surface area contributed by atoms with Crippen LogP contribution in [-0.2, 0) is 14.9 Å². The molecule has 1 amide bonds. The highest BCUT2D eigenvalue weighted by molar-refractivity contribution is 7.85. The Kier molecular flexibility index (Phi) is 5.07. The molecule has 0 aromatic carbocycles. The van der Waals surface area contributed by atoms with Gasteiger partial charge in [0.15, 0.2) is 0 Å². The summed E-state index contributed by atoms with van der Waals surface area (Å²) in [6, 6.07) is 0.299. The monoisotopic (exact) mass is 303 g/mol. The average Bonchev–Trinajstić information content (AvgIpc) is 3.16. The molecule has 0 spiro atoms. The maximum Gasteiger partial charge on any atom is 0.264 e. The molecule has 0 heterocycles. The van der Waals surface area contributed by atoms with Crippen LogP contribution in [0.1, 0.15) is 51.9 Å². The van der Waals surface area contributed by atoms with E-state index < -0.39 is 10.1 Å². The number of carbonyl (C=O) groups is 1. The van der Waals surface area contributed by atoms with Gasteiger partial charge in [-0.15, -0.1) is 0 Å². The Hall–Kier alpha value is -0.620. The van der Waals surface area contributed by atoms with Gasteiger partial charge in [0.1, 0.15) is 0 Å². The van der Waals surface area contributed by atoms with E-state index in [1.165, 1.54) is 19.3 Å². The zero-order valence-electron chi connectivity index (χ0n) is 12.0. The number of carbonyl (C=O) groups excluding carboxylic acids is 1. The van der Waals surface area contributed by atoms with E-state index >= 15 is 0 Å². The van der Waals surface area contributed by atoms with E-state index in [2.05, 4.69) is 12.2 Å². The Balaban J connectivity index is 1.67. The highest BCUT2D eigenvalue weighted by atomic mass is 32.2. The van der Waals surface area contributed by atoms with Gasteiger partial charge in [0.25, 0.3) is 10.1 Å². The molecule has 0 aliphatic heterocycles. The topological polar surface area (TPSA) is 83.5 Å². The number of nitrogens with one attached hydrogen (secondary N) is 1. The van der Waals surface area contributed by atoms with E-state index in [1.54, 1.807) is 0 Å². The third-order valence-electron chi connectivity index (χ3n) is 4.78. The van der Waals surface area contributed by atoms with Crippen molar-refractivity contribution >= 4 is 16.0 Å². The Labute approximate surface area is 121 Å². The lowest BCUT2D eigenvalue weighted by Gasteiger charge is -2.28. The van der Waals surface area contributed by atoms with E-state index in [1.807, 2.05) is 0 Å². The van der Waals surface area contributed by atoms with Crippen molar-refractivity contribution < 1.29 is 17.8 Å². The van der Waals surface area contributed by atoms with Gasteiger partial charge in [0.05, 0.1) is 5.75 Å². The van der Waals surface area contributed by atoms with Gasteiger partial charge in [-0.05, 0) is 50.4 Å². The highest BCUT2D eigenvalue weighted by Gasteiger charge is 2.43. The molecule has 2 fully saturated rings. The fraction of sp³-hybridized carbons (Fsp3) is 0.929. The first-order valence-electron chi connectivity index (χ1n) is 7.64. The largest absolute Gasteiger partial charge is 0.353 e. The molecule has 0 radical (unpaired) electrons. The summed E-state index contributed by atoms with van der Waals surface area (Å²) in [5.41, 5.74) is 0. The van der Waals surface area contributed by atoms with Crippen LogP contribution in [0, 0.1) is 17.8 Å². The van der Waals surface area contributed by atoms with Crippen molar-refractivity contribution in [1.29, 1.82) is 0 Å². The van der Waals surface area contributed by atoms with E-state index in [9.17, 15) is 13.2 Å². The standard InChI is InChI=1S/C14H25NO4S/c1-2-10-3-5-12(6-4-10)15-14(16)13-9-11(13)7-8-20(17,18)19/h10-13H,2-9H2,1H3,(H,15,16)(H,17,18,19)/t10?,11-,12?,13-/m0/s1. The molecular weight excluding hydrogens is 278 g/mol. The molecule has 2 rings (SSSR count). The predicted molar refractivity (Wildman–Crippen MR) is 76.8 cm³/mol. The van der Waals surface area contributed by atoms with Crippen LogP contribution in [0.25, 0.3) is 0 Å². The predicted octanol–water partition coefficient (Wildman–Crippen LogP) is 1.99. The second-order valence-corrected chi connectivity index (χ2v) is 7.88. The summed E-state index contributed by atoms with van der Waals surface area (Å²) in [6.07, 6.45) is 6.88. The molecule has 0 aromatic rings. The Morgan fingerprint density at radius 2 is 1.90 bits per heavy atom. The van der Waals surface area contributed by atoms with E-state index in [0.29, 0.717) is 12.5 Å². The lowest BCUT2D eigenvalue weighted by atomic mass is 9.84. The molecule has 116 valence electrons. The van der Waals surface area contributed by atoms with Crippen LogP contribution in [0.4, 0.5) is 0 Å². The summed E-state index contributed by atoms with van der Waals surface area (Å²) >= 11 is 0. The molecule has 0 saturated heterocycles. The number of hydrogen-bond donors (Lipinski definition) is 2. The fourth-order valence-corrected chi connectivity index (χ4v) is 3.81. The third-order valence-corrected chi connectivity index (χ3v) is 5.53. The maximum atomic E-state index is 12.0. The Morgan fingerprint density at radius 3 is 2.45 bits per heavy atom.